The highest BCUT2D eigenvalue weighted by atomic mass is 28.4. The minimum Gasteiger partial charge on any atom is -0.496 e. The summed E-state index contributed by atoms with van der Waals surface area (Å²) in [7, 11) is -0.286. The first-order valence-corrected chi connectivity index (χ1v) is 16.5. The number of ether oxygens (including phenoxy) is 1. The molecule has 0 saturated carbocycles. The largest absolute Gasteiger partial charge is 0.496 e. The van der Waals surface area contributed by atoms with Gasteiger partial charge in [-0.2, -0.15) is 0 Å². The van der Waals surface area contributed by atoms with Crippen LogP contribution >= 0.6 is 0 Å². The number of rotatable bonds is 11. The van der Waals surface area contributed by atoms with E-state index in [9.17, 15) is 0 Å². The first kappa shape index (κ1) is 28.4. The van der Waals surface area contributed by atoms with Crippen LogP contribution in [0.3, 0.4) is 0 Å². The highest BCUT2D eigenvalue weighted by Gasteiger charge is 2.47. The Balaban J connectivity index is 1.76. The van der Waals surface area contributed by atoms with Crippen molar-refractivity contribution in [2.75, 3.05) is 18.6 Å². The second-order valence-electron chi connectivity index (χ2n) is 12.0. The predicted molar refractivity (Wildman–Crippen MR) is 164 cm³/mol. The molecule has 1 aliphatic rings. The Morgan fingerprint density at radius 2 is 1.39 bits per heavy atom. The zero-order valence-corrected chi connectivity index (χ0v) is 25.7. The summed E-state index contributed by atoms with van der Waals surface area (Å²) in [6, 6.07) is 26.1. The van der Waals surface area contributed by atoms with E-state index >= 15 is 0 Å². The first-order chi connectivity index (χ1) is 18.2. The molecule has 0 radical (unpaired) electrons. The molecule has 4 rings (SSSR count). The standard InChI is InChI=1S/C34H47NO2Si/c1-24(2)38(25(3)4,26(5)6)37-32(29-17-13-10-14-18-29)21-30-23-35(22-28-15-11-9-12-16-28)34-27(7)19-20-31(36-8)33(30)34/h9-20,24-26,30,32H,21-23H2,1-8H3. The van der Waals surface area contributed by atoms with Gasteiger partial charge in [0.05, 0.1) is 13.2 Å². The molecule has 0 fully saturated rings. The summed E-state index contributed by atoms with van der Waals surface area (Å²) in [6.07, 6.45) is 0.998. The molecule has 3 nitrogen and oxygen atoms in total. The lowest BCUT2D eigenvalue weighted by Crippen LogP contribution is -2.48. The van der Waals surface area contributed by atoms with Gasteiger partial charge in [-0.1, -0.05) is 108 Å². The van der Waals surface area contributed by atoms with E-state index in [-0.39, 0.29) is 6.10 Å². The van der Waals surface area contributed by atoms with Gasteiger partial charge in [-0.3, -0.25) is 0 Å². The van der Waals surface area contributed by atoms with E-state index in [2.05, 4.69) is 126 Å². The smallest absolute Gasteiger partial charge is 0.201 e. The minimum absolute atomic E-state index is 0.0508. The van der Waals surface area contributed by atoms with E-state index in [4.69, 9.17) is 9.16 Å². The van der Waals surface area contributed by atoms with Gasteiger partial charge in [0.2, 0.25) is 8.32 Å². The molecule has 0 aliphatic carbocycles. The highest BCUT2D eigenvalue weighted by Crippen LogP contribution is 2.51. The lowest BCUT2D eigenvalue weighted by atomic mass is 9.91. The van der Waals surface area contributed by atoms with Crippen LogP contribution in [0.5, 0.6) is 5.75 Å². The van der Waals surface area contributed by atoms with Gasteiger partial charge in [0.1, 0.15) is 5.75 Å². The molecule has 0 saturated heterocycles. The summed E-state index contributed by atoms with van der Waals surface area (Å²) < 4.78 is 13.5. The molecule has 38 heavy (non-hydrogen) atoms. The molecule has 3 aromatic rings. The Hall–Kier alpha value is -2.56. The van der Waals surface area contributed by atoms with E-state index < -0.39 is 8.32 Å². The minimum atomic E-state index is -2.09. The van der Waals surface area contributed by atoms with Gasteiger partial charge in [0.15, 0.2) is 0 Å². The fraction of sp³-hybridized carbons (Fsp3) is 0.471. The van der Waals surface area contributed by atoms with E-state index in [0.717, 1.165) is 25.3 Å². The Morgan fingerprint density at radius 1 is 0.816 bits per heavy atom. The van der Waals surface area contributed by atoms with Crippen LogP contribution < -0.4 is 9.64 Å². The molecule has 0 aromatic heterocycles. The maximum atomic E-state index is 7.52. The third-order valence-electron chi connectivity index (χ3n) is 8.70. The fourth-order valence-corrected chi connectivity index (χ4v) is 12.7. The Labute approximate surface area is 232 Å². The zero-order chi connectivity index (χ0) is 27.4. The van der Waals surface area contributed by atoms with Crippen molar-refractivity contribution in [3.05, 3.63) is 95.1 Å². The number of hydrogen-bond acceptors (Lipinski definition) is 3. The van der Waals surface area contributed by atoms with Crippen molar-refractivity contribution in [1.82, 2.24) is 0 Å². The summed E-state index contributed by atoms with van der Waals surface area (Å²) in [5, 5.41) is 0. The average molecular weight is 530 g/mol. The van der Waals surface area contributed by atoms with E-state index in [1.54, 1.807) is 7.11 Å². The fourth-order valence-electron chi connectivity index (χ4n) is 7.11. The number of hydrogen-bond donors (Lipinski definition) is 0. The maximum Gasteiger partial charge on any atom is 0.201 e. The van der Waals surface area contributed by atoms with Crippen molar-refractivity contribution in [3.8, 4) is 5.75 Å². The third kappa shape index (κ3) is 5.58. The summed E-state index contributed by atoms with van der Waals surface area (Å²) >= 11 is 0. The van der Waals surface area contributed by atoms with Gasteiger partial charge in [-0.15, -0.1) is 0 Å². The first-order valence-electron chi connectivity index (χ1n) is 14.4. The van der Waals surface area contributed by atoms with Gasteiger partial charge < -0.3 is 14.1 Å². The summed E-state index contributed by atoms with van der Waals surface area (Å²) in [5.74, 6) is 1.32. The molecule has 0 spiro atoms. The Kier molecular flexibility index (Phi) is 9.05. The highest BCUT2D eigenvalue weighted by molar-refractivity contribution is 6.77. The predicted octanol–water partition coefficient (Wildman–Crippen LogP) is 9.43. The molecule has 1 heterocycles. The van der Waals surface area contributed by atoms with E-state index in [0.29, 0.717) is 22.5 Å². The van der Waals surface area contributed by atoms with Crippen molar-refractivity contribution in [2.24, 2.45) is 0 Å². The van der Waals surface area contributed by atoms with Crippen LogP contribution in [0, 0.1) is 6.92 Å². The number of fused-ring (bicyclic) bond motifs is 1. The van der Waals surface area contributed by atoms with Crippen molar-refractivity contribution in [1.29, 1.82) is 0 Å². The number of benzene rings is 3. The molecule has 0 bridgehead atoms. The van der Waals surface area contributed by atoms with Gasteiger partial charge in [-0.05, 0) is 52.7 Å². The molecule has 4 heteroatoms. The molecular weight excluding hydrogens is 482 g/mol. The van der Waals surface area contributed by atoms with Crippen LogP contribution in [0.15, 0.2) is 72.8 Å². The van der Waals surface area contributed by atoms with Gasteiger partial charge in [0, 0.05) is 30.3 Å². The van der Waals surface area contributed by atoms with Crippen molar-refractivity contribution >= 4 is 14.0 Å². The second kappa shape index (κ2) is 12.1. The van der Waals surface area contributed by atoms with Crippen molar-refractivity contribution < 1.29 is 9.16 Å². The summed E-state index contributed by atoms with van der Waals surface area (Å²) in [5.41, 5.74) is 8.24. The maximum absolute atomic E-state index is 7.52. The quantitative estimate of drug-likeness (QED) is 0.231. The summed E-state index contributed by atoms with van der Waals surface area (Å²) in [6.45, 7) is 18.4. The molecule has 3 aromatic carbocycles. The van der Waals surface area contributed by atoms with Crippen LogP contribution in [0.4, 0.5) is 5.69 Å². The number of methoxy groups -OCH3 is 1. The topological polar surface area (TPSA) is 21.7 Å². The van der Waals surface area contributed by atoms with Crippen LogP contribution in [0.1, 0.15) is 82.2 Å². The van der Waals surface area contributed by atoms with E-state index in [1.807, 2.05) is 0 Å². The lowest BCUT2D eigenvalue weighted by molar-refractivity contribution is 0.158. The SMILES string of the molecule is COc1ccc(C)c2c1C(CC(O[Si](C(C)C)(C(C)C)C(C)C)c1ccccc1)CN2Cc1ccccc1. The number of anilines is 1. The van der Waals surface area contributed by atoms with Crippen LogP contribution in [0.2, 0.25) is 16.6 Å². The van der Waals surface area contributed by atoms with Gasteiger partial charge >= 0.3 is 0 Å². The van der Waals surface area contributed by atoms with Crippen LogP contribution in [-0.2, 0) is 11.0 Å². The van der Waals surface area contributed by atoms with Crippen molar-refractivity contribution in [3.63, 3.8) is 0 Å². The number of aryl methyl sites for hydroxylation is 1. The molecule has 204 valence electrons. The van der Waals surface area contributed by atoms with Gasteiger partial charge in [-0.25, -0.2) is 0 Å². The second-order valence-corrected chi connectivity index (χ2v) is 17.4. The van der Waals surface area contributed by atoms with Crippen LogP contribution in [-0.4, -0.2) is 22.0 Å². The zero-order valence-electron chi connectivity index (χ0n) is 24.7. The molecular formula is C34H47NO2Si. The molecule has 2 unspecified atom stereocenters. The molecule has 2 atom stereocenters. The normalized spacial score (nSPS) is 16.4. The molecule has 0 amide bonds. The average Bonchev–Trinajstić information content (AvgIpc) is 3.25. The van der Waals surface area contributed by atoms with Crippen LogP contribution in [0.25, 0.3) is 0 Å². The molecule has 1 aliphatic heterocycles. The van der Waals surface area contributed by atoms with Crippen molar-refractivity contribution in [2.45, 2.75) is 90.1 Å². The summed E-state index contributed by atoms with van der Waals surface area (Å²) in [4.78, 5) is 2.56. The van der Waals surface area contributed by atoms with Gasteiger partial charge in [0.25, 0.3) is 0 Å². The monoisotopic (exact) mass is 529 g/mol. The number of nitrogens with zero attached hydrogens (tertiary/aromatic N) is 1. The third-order valence-corrected chi connectivity index (χ3v) is 14.8. The Bertz CT molecular complexity index is 1150. The Morgan fingerprint density at radius 3 is 1.95 bits per heavy atom. The van der Waals surface area contributed by atoms with E-state index in [1.165, 1.54) is 27.9 Å². The molecule has 0 N–H and O–H groups in total. The lowest BCUT2D eigenvalue weighted by Gasteiger charge is -2.45.